The molecular weight excluding hydrogens is 482 g/mol. The van der Waals surface area contributed by atoms with Crippen LogP contribution in [0.15, 0.2) is 83.2 Å². The number of anilines is 1. The zero-order chi connectivity index (χ0) is 24.8. The molecule has 0 spiro atoms. The molecule has 0 atom stereocenters. The van der Waals surface area contributed by atoms with Crippen LogP contribution in [0.2, 0.25) is 5.02 Å². The lowest BCUT2D eigenvalue weighted by Gasteiger charge is -2.14. The zero-order valence-corrected chi connectivity index (χ0v) is 20.9. The van der Waals surface area contributed by atoms with E-state index in [1.807, 2.05) is 60.7 Å². The number of hydrogen-bond donors (Lipinski definition) is 1. The number of methoxy groups -OCH3 is 2. The van der Waals surface area contributed by atoms with Gasteiger partial charge in [0.05, 0.1) is 29.8 Å². The highest BCUT2D eigenvalue weighted by molar-refractivity contribution is 7.99. The first-order valence-electron chi connectivity index (χ1n) is 10.7. The van der Waals surface area contributed by atoms with Crippen LogP contribution in [0, 0.1) is 0 Å². The molecule has 6 nitrogen and oxygen atoms in total. The molecule has 2 N–H and O–H groups in total. The second-order valence-electron chi connectivity index (χ2n) is 7.42. The lowest BCUT2D eigenvalue weighted by Crippen LogP contribution is -2.00. The van der Waals surface area contributed by atoms with Crippen molar-refractivity contribution in [2.75, 3.05) is 20.0 Å². The molecule has 0 aliphatic carbocycles. The molecule has 0 radical (unpaired) electrons. The van der Waals surface area contributed by atoms with Crippen molar-refractivity contribution in [1.29, 1.82) is 0 Å². The van der Waals surface area contributed by atoms with Crippen LogP contribution >= 0.6 is 23.4 Å². The smallest absolute Gasteiger partial charge is 0.221 e. The lowest BCUT2D eigenvalue weighted by molar-refractivity contribution is 0.306. The van der Waals surface area contributed by atoms with E-state index in [-0.39, 0.29) is 5.95 Å². The van der Waals surface area contributed by atoms with E-state index in [1.54, 1.807) is 26.4 Å². The summed E-state index contributed by atoms with van der Waals surface area (Å²) in [5.41, 5.74) is 9.34. The number of benzene rings is 3. The number of halogens is 1. The first kappa shape index (κ1) is 24.4. The van der Waals surface area contributed by atoms with Crippen LogP contribution < -0.4 is 19.9 Å². The summed E-state index contributed by atoms with van der Waals surface area (Å²) in [6.45, 7) is 4.31. The Morgan fingerprint density at radius 3 is 2.49 bits per heavy atom. The minimum Gasteiger partial charge on any atom is -0.497 e. The summed E-state index contributed by atoms with van der Waals surface area (Å²) < 4.78 is 16.9. The topological polar surface area (TPSA) is 79.5 Å². The van der Waals surface area contributed by atoms with Gasteiger partial charge in [-0.1, -0.05) is 66.3 Å². The Bertz CT molecular complexity index is 1350. The van der Waals surface area contributed by atoms with E-state index in [0.717, 1.165) is 21.6 Å². The molecule has 35 heavy (non-hydrogen) atoms. The van der Waals surface area contributed by atoms with Gasteiger partial charge in [0.15, 0.2) is 0 Å². The van der Waals surface area contributed by atoms with E-state index in [2.05, 4.69) is 16.5 Å². The number of hydrogen-bond acceptors (Lipinski definition) is 7. The van der Waals surface area contributed by atoms with Crippen LogP contribution in [0.25, 0.3) is 17.3 Å². The van der Waals surface area contributed by atoms with Gasteiger partial charge in [-0.3, -0.25) is 0 Å². The van der Waals surface area contributed by atoms with Gasteiger partial charge in [0, 0.05) is 5.56 Å². The normalized spacial score (nSPS) is 10.6. The van der Waals surface area contributed by atoms with Crippen molar-refractivity contribution in [1.82, 2.24) is 9.97 Å². The molecule has 1 heterocycles. The van der Waals surface area contributed by atoms with E-state index in [4.69, 9.17) is 31.5 Å². The number of rotatable bonds is 9. The van der Waals surface area contributed by atoms with Crippen molar-refractivity contribution >= 4 is 35.4 Å². The molecule has 0 unspecified atom stereocenters. The van der Waals surface area contributed by atoms with Gasteiger partial charge in [0.1, 0.15) is 28.9 Å². The van der Waals surface area contributed by atoms with Crippen molar-refractivity contribution in [3.63, 3.8) is 0 Å². The Hall–Kier alpha value is -3.68. The Kier molecular flexibility index (Phi) is 7.80. The maximum Gasteiger partial charge on any atom is 0.221 e. The Morgan fingerprint density at radius 2 is 1.77 bits per heavy atom. The molecule has 0 bridgehead atoms. The molecular formula is C27H24ClN3O3S. The first-order chi connectivity index (χ1) is 17.0. The number of ether oxygens (including phenoxy) is 3. The van der Waals surface area contributed by atoms with Crippen LogP contribution in [0.4, 0.5) is 5.95 Å². The quantitative estimate of drug-likeness (QED) is 0.251. The third-order valence-electron chi connectivity index (χ3n) is 5.14. The highest BCUT2D eigenvalue weighted by atomic mass is 35.5. The predicted molar refractivity (Wildman–Crippen MR) is 141 cm³/mol. The summed E-state index contributed by atoms with van der Waals surface area (Å²) >= 11 is 7.91. The van der Waals surface area contributed by atoms with Gasteiger partial charge in [0.25, 0.3) is 0 Å². The van der Waals surface area contributed by atoms with Crippen molar-refractivity contribution in [2.45, 2.75) is 16.5 Å². The maximum absolute atomic E-state index is 6.51. The van der Waals surface area contributed by atoms with E-state index >= 15 is 0 Å². The molecule has 1 aromatic heterocycles. The van der Waals surface area contributed by atoms with Gasteiger partial charge < -0.3 is 19.9 Å². The molecule has 4 rings (SSSR count). The van der Waals surface area contributed by atoms with Crippen molar-refractivity contribution in [3.05, 3.63) is 89.5 Å². The Labute approximate surface area is 213 Å². The zero-order valence-electron chi connectivity index (χ0n) is 19.3. The summed E-state index contributed by atoms with van der Waals surface area (Å²) in [6, 6.07) is 21.0. The predicted octanol–water partition coefficient (Wildman–Crippen LogP) is 6.77. The third kappa shape index (κ3) is 5.88. The number of nitrogens with two attached hydrogens (primary N) is 1. The number of aromatic nitrogens is 2. The molecule has 0 aliphatic rings. The second-order valence-corrected chi connectivity index (χ2v) is 8.89. The van der Waals surface area contributed by atoms with Crippen LogP contribution in [-0.4, -0.2) is 24.2 Å². The Balaban J connectivity index is 1.70. The maximum atomic E-state index is 6.51. The van der Waals surface area contributed by atoms with Crippen LogP contribution in [0.1, 0.15) is 11.1 Å². The molecule has 0 saturated heterocycles. The van der Waals surface area contributed by atoms with Gasteiger partial charge >= 0.3 is 0 Å². The average Bonchev–Trinajstić information content (AvgIpc) is 2.88. The van der Waals surface area contributed by atoms with Crippen LogP contribution in [-0.2, 0) is 6.61 Å². The van der Waals surface area contributed by atoms with E-state index < -0.39 is 0 Å². The summed E-state index contributed by atoms with van der Waals surface area (Å²) in [7, 11) is 3.23. The summed E-state index contributed by atoms with van der Waals surface area (Å²) in [5.74, 6) is 2.09. The Morgan fingerprint density at radius 1 is 0.971 bits per heavy atom. The van der Waals surface area contributed by atoms with Gasteiger partial charge in [-0.05, 0) is 47.5 Å². The molecule has 0 saturated carbocycles. The molecule has 4 aromatic rings. The van der Waals surface area contributed by atoms with Crippen molar-refractivity contribution in [2.24, 2.45) is 0 Å². The standard InChI is InChI=1S/C27H24ClN3O3S/c1-4-18-12-21(28)24(34-16-17-8-6-5-7-9-17)14-20(18)22-15-26(31-27(29)30-22)35-25-13-19(32-2)10-11-23(25)33-3/h4-15H,1,16H2,2-3H3,(H2,29,30,31). The number of nitrogen functional groups attached to an aromatic ring is 1. The fraction of sp³-hybridized carbons (Fsp3) is 0.111. The van der Waals surface area contributed by atoms with Gasteiger partial charge in [-0.15, -0.1) is 0 Å². The highest BCUT2D eigenvalue weighted by Crippen LogP contribution is 2.39. The van der Waals surface area contributed by atoms with Gasteiger partial charge in [-0.25, -0.2) is 9.97 Å². The lowest BCUT2D eigenvalue weighted by atomic mass is 10.0. The number of nitrogens with zero attached hydrogens (tertiary/aromatic N) is 2. The van der Waals surface area contributed by atoms with Gasteiger partial charge in [-0.2, -0.15) is 0 Å². The molecule has 8 heteroatoms. The summed E-state index contributed by atoms with van der Waals surface area (Å²) in [6.07, 6.45) is 1.72. The third-order valence-corrected chi connectivity index (χ3v) is 6.39. The van der Waals surface area contributed by atoms with Crippen molar-refractivity contribution in [3.8, 4) is 28.5 Å². The fourth-order valence-corrected chi connectivity index (χ4v) is 4.60. The molecule has 0 amide bonds. The monoisotopic (exact) mass is 505 g/mol. The average molecular weight is 506 g/mol. The molecule has 0 aliphatic heterocycles. The molecule has 178 valence electrons. The SMILES string of the molecule is C=Cc1cc(Cl)c(OCc2ccccc2)cc1-c1cc(Sc2cc(OC)ccc2OC)nc(N)n1. The van der Waals surface area contributed by atoms with Crippen LogP contribution in [0.3, 0.4) is 0 Å². The fourth-order valence-electron chi connectivity index (χ4n) is 3.41. The largest absolute Gasteiger partial charge is 0.497 e. The van der Waals surface area contributed by atoms with Crippen molar-refractivity contribution < 1.29 is 14.2 Å². The molecule has 3 aromatic carbocycles. The minimum absolute atomic E-state index is 0.142. The van der Waals surface area contributed by atoms with Crippen LogP contribution in [0.5, 0.6) is 17.2 Å². The first-order valence-corrected chi connectivity index (χ1v) is 11.9. The summed E-state index contributed by atoms with van der Waals surface area (Å²) in [4.78, 5) is 9.71. The van der Waals surface area contributed by atoms with Gasteiger partial charge in [0.2, 0.25) is 5.95 Å². The van der Waals surface area contributed by atoms with E-state index in [0.29, 0.717) is 39.6 Å². The molecule has 0 fully saturated rings. The minimum atomic E-state index is 0.142. The second kappa shape index (κ2) is 11.2. The summed E-state index contributed by atoms with van der Waals surface area (Å²) in [5, 5.41) is 1.13. The highest BCUT2D eigenvalue weighted by Gasteiger charge is 2.15. The van der Waals surface area contributed by atoms with E-state index in [1.165, 1.54) is 11.8 Å². The van der Waals surface area contributed by atoms with E-state index in [9.17, 15) is 0 Å².